The van der Waals surface area contributed by atoms with E-state index in [4.69, 9.17) is 5.11 Å². The minimum Gasteiger partial charge on any atom is -0.508 e. The SMILES string of the molecule is O=C(O)C1CCc2nc(-c3ccc(O)cc3)nn2C1. The summed E-state index contributed by atoms with van der Waals surface area (Å²) in [7, 11) is 0. The molecule has 6 nitrogen and oxygen atoms in total. The summed E-state index contributed by atoms with van der Waals surface area (Å²) in [6.45, 7) is 0.371. The van der Waals surface area contributed by atoms with Gasteiger partial charge in [-0.25, -0.2) is 9.67 Å². The average molecular weight is 259 g/mol. The summed E-state index contributed by atoms with van der Waals surface area (Å²) in [5.41, 5.74) is 0.812. The molecule has 0 bridgehead atoms. The van der Waals surface area contributed by atoms with Gasteiger partial charge >= 0.3 is 5.97 Å². The summed E-state index contributed by atoms with van der Waals surface area (Å²) in [6, 6.07) is 6.64. The number of aromatic nitrogens is 3. The zero-order valence-electron chi connectivity index (χ0n) is 10.2. The van der Waals surface area contributed by atoms with Crippen LogP contribution in [-0.2, 0) is 17.8 Å². The van der Waals surface area contributed by atoms with E-state index in [1.54, 1.807) is 28.9 Å². The van der Waals surface area contributed by atoms with Gasteiger partial charge in [0.2, 0.25) is 0 Å². The molecule has 1 aliphatic heterocycles. The van der Waals surface area contributed by atoms with Crippen LogP contribution in [0, 0.1) is 5.92 Å². The molecule has 0 spiro atoms. The van der Waals surface area contributed by atoms with Gasteiger partial charge in [0.1, 0.15) is 11.6 Å². The Morgan fingerprint density at radius 2 is 2.05 bits per heavy atom. The number of carboxylic acid groups (broad SMARTS) is 1. The number of carboxylic acids is 1. The molecule has 0 fully saturated rings. The molecule has 1 aliphatic rings. The summed E-state index contributed by atoms with van der Waals surface area (Å²) in [6.07, 6.45) is 1.23. The minimum atomic E-state index is -0.785. The summed E-state index contributed by atoms with van der Waals surface area (Å²) in [5, 5.41) is 22.6. The van der Waals surface area contributed by atoms with Gasteiger partial charge in [-0.05, 0) is 30.7 Å². The first-order valence-electron chi connectivity index (χ1n) is 6.09. The molecule has 2 aromatic rings. The maximum Gasteiger partial charge on any atom is 0.308 e. The van der Waals surface area contributed by atoms with E-state index in [-0.39, 0.29) is 11.7 Å². The minimum absolute atomic E-state index is 0.193. The van der Waals surface area contributed by atoms with Crippen LogP contribution >= 0.6 is 0 Å². The Morgan fingerprint density at radius 3 is 2.74 bits per heavy atom. The highest BCUT2D eigenvalue weighted by Gasteiger charge is 2.26. The Kier molecular flexibility index (Phi) is 2.70. The van der Waals surface area contributed by atoms with Crippen LogP contribution in [0.15, 0.2) is 24.3 Å². The van der Waals surface area contributed by atoms with Crippen molar-refractivity contribution in [1.29, 1.82) is 0 Å². The van der Waals surface area contributed by atoms with Gasteiger partial charge in [-0.3, -0.25) is 4.79 Å². The summed E-state index contributed by atoms with van der Waals surface area (Å²) < 4.78 is 1.67. The molecule has 0 saturated carbocycles. The van der Waals surface area contributed by atoms with Gasteiger partial charge < -0.3 is 10.2 Å². The van der Waals surface area contributed by atoms with Gasteiger partial charge in [-0.15, -0.1) is 0 Å². The first-order chi connectivity index (χ1) is 9.13. The van der Waals surface area contributed by atoms with E-state index < -0.39 is 5.97 Å². The molecular weight excluding hydrogens is 246 g/mol. The lowest BCUT2D eigenvalue weighted by molar-refractivity contribution is -0.142. The van der Waals surface area contributed by atoms with E-state index in [0.717, 1.165) is 11.4 Å². The first kappa shape index (κ1) is 11.7. The molecular formula is C13H13N3O3. The number of fused-ring (bicyclic) bond motifs is 1. The molecule has 6 heteroatoms. The lowest BCUT2D eigenvalue weighted by atomic mass is 10.0. The maximum atomic E-state index is 11.0. The number of rotatable bonds is 2. The van der Waals surface area contributed by atoms with Crippen molar-refractivity contribution in [3.63, 3.8) is 0 Å². The van der Waals surface area contributed by atoms with Gasteiger partial charge in [0.25, 0.3) is 0 Å². The molecule has 1 aromatic heterocycles. The molecule has 0 aliphatic carbocycles. The predicted molar refractivity (Wildman–Crippen MR) is 66.6 cm³/mol. The van der Waals surface area contributed by atoms with Crippen LogP contribution in [0.4, 0.5) is 0 Å². The second-order valence-corrected chi connectivity index (χ2v) is 4.65. The topological polar surface area (TPSA) is 88.2 Å². The molecule has 1 atom stereocenters. The highest BCUT2D eigenvalue weighted by atomic mass is 16.4. The van der Waals surface area contributed by atoms with Gasteiger partial charge in [0, 0.05) is 12.0 Å². The lowest BCUT2D eigenvalue weighted by Gasteiger charge is -2.18. The van der Waals surface area contributed by atoms with E-state index in [9.17, 15) is 9.90 Å². The standard InChI is InChI=1S/C13H13N3O3/c17-10-4-1-8(2-5-10)12-14-11-6-3-9(13(18)19)7-16(11)15-12/h1-2,4-5,9,17H,3,6-7H2,(H,18,19). The van der Waals surface area contributed by atoms with Crippen LogP contribution in [0.1, 0.15) is 12.2 Å². The normalized spacial score (nSPS) is 18.0. The Morgan fingerprint density at radius 1 is 1.32 bits per heavy atom. The molecule has 0 saturated heterocycles. The van der Waals surface area contributed by atoms with Crippen molar-refractivity contribution in [3.8, 4) is 17.1 Å². The third-order valence-electron chi connectivity index (χ3n) is 3.33. The Balaban J connectivity index is 1.91. The number of benzene rings is 1. The van der Waals surface area contributed by atoms with Crippen molar-refractivity contribution < 1.29 is 15.0 Å². The van der Waals surface area contributed by atoms with Crippen molar-refractivity contribution in [3.05, 3.63) is 30.1 Å². The number of aryl methyl sites for hydroxylation is 1. The van der Waals surface area contributed by atoms with Crippen molar-refractivity contribution >= 4 is 5.97 Å². The second-order valence-electron chi connectivity index (χ2n) is 4.65. The van der Waals surface area contributed by atoms with E-state index in [1.165, 1.54) is 0 Å². The van der Waals surface area contributed by atoms with E-state index in [0.29, 0.717) is 25.2 Å². The highest BCUT2D eigenvalue weighted by molar-refractivity contribution is 5.70. The fourth-order valence-electron chi connectivity index (χ4n) is 2.24. The zero-order chi connectivity index (χ0) is 13.4. The number of aromatic hydroxyl groups is 1. The molecule has 3 rings (SSSR count). The number of phenols is 1. The van der Waals surface area contributed by atoms with Crippen molar-refractivity contribution in [2.75, 3.05) is 0 Å². The quantitative estimate of drug-likeness (QED) is 0.848. The van der Waals surface area contributed by atoms with Crippen LogP contribution in [0.2, 0.25) is 0 Å². The largest absolute Gasteiger partial charge is 0.508 e. The molecule has 2 N–H and O–H groups in total. The molecule has 98 valence electrons. The smallest absolute Gasteiger partial charge is 0.308 e. The second kappa shape index (κ2) is 4.38. The van der Waals surface area contributed by atoms with E-state index >= 15 is 0 Å². The molecule has 1 aromatic carbocycles. The highest BCUT2D eigenvalue weighted by Crippen LogP contribution is 2.23. The first-order valence-corrected chi connectivity index (χ1v) is 6.09. The third-order valence-corrected chi connectivity index (χ3v) is 3.33. The van der Waals surface area contributed by atoms with Crippen molar-refractivity contribution in [1.82, 2.24) is 14.8 Å². The van der Waals surface area contributed by atoms with Gasteiger partial charge in [0.05, 0.1) is 12.5 Å². The zero-order valence-corrected chi connectivity index (χ0v) is 10.2. The lowest BCUT2D eigenvalue weighted by Crippen LogP contribution is -2.27. The Bertz CT molecular complexity index is 619. The Labute approximate surface area is 109 Å². The Hall–Kier alpha value is -2.37. The van der Waals surface area contributed by atoms with Gasteiger partial charge in [-0.1, -0.05) is 0 Å². The summed E-state index contributed by atoms with van der Waals surface area (Å²) in [4.78, 5) is 15.4. The van der Waals surface area contributed by atoms with Crippen LogP contribution in [0.5, 0.6) is 5.75 Å². The average Bonchev–Trinajstić information content (AvgIpc) is 2.82. The van der Waals surface area contributed by atoms with Crippen LogP contribution in [-0.4, -0.2) is 30.9 Å². The van der Waals surface area contributed by atoms with Gasteiger partial charge in [0.15, 0.2) is 5.82 Å². The molecule has 2 heterocycles. The number of hydrogen-bond donors (Lipinski definition) is 2. The number of hydrogen-bond acceptors (Lipinski definition) is 4. The monoisotopic (exact) mass is 259 g/mol. The van der Waals surface area contributed by atoms with Gasteiger partial charge in [-0.2, -0.15) is 5.10 Å². The van der Waals surface area contributed by atoms with E-state index in [2.05, 4.69) is 10.1 Å². The molecule has 1 unspecified atom stereocenters. The van der Waals surface area contributed by atoms with Crippen LogP contribution in [0.3, 0.4) is 0 Å². The maximum absolute atomic E-state index is 11.0. The van der Waals surface area contributed by atoms with Crippen molar-refractivity contribution in [2.24, 2.45) is 5.92 Å². The summed E-state index contributed by atoms with van der Waals surface area (Å²) in [5.74, 6) is 0.412. The summed E-state index contributed by atoms with van der Waals surface area (Å²) >= 11 is 0. The number of aliphatic carboxylic acids is 1. The number of carbonyl (C=O) groups is 1. The van der Waals surface area contributed by atoms with Crippen LogP contribution in [0.25, 0.3) is 11.4 Å². The van der Waals surface area contributed by atoms with Crippen LogP contribution < -0.4 is 0 Å². The van der Waals surface area contributed by atoms with Crippen molar-refractivity contribution in [2.45, 2.75) is 19.4 Å². The number of nitrogens with zero attached hydrogens (tertiary/aromatic N) is 3. The predicted octanol–water partition coefficient (Wildman–Crippen LogP) is 1.30. The molecule has 0 radical (unpaired) electrons. The van der Waals surface area contributed by atoms with E-state index in [1.807, 2.05) is 0 Å². The fourth-order valence-corrected chi connectivity index (χ4v) is 2.24. The molecule has 19 heavy (non-hydrogen) atoms. The number of phenolic OH excluding ortho intramolecular Hbond substituents is 1. The fraction of sp³-hybridized carbons (Fsp3) is 0.308. The third kappa shape index (κ3) is 2.16. The molecule has 0 amide bonds.